The predicted molar refractivity (Wildman–Crippen MR) is 190 cm³/mol. The molecule has 272 valence electrons. The predicted octanol–water partition coefficient (Wildman–Crippen LogP) is 4.19. The number of fused-ring (bicyclic) bond motifs is 3. The molecule has 0 spiro atoms. The van der Waals surface area contributed by atoms with E-state index in [2.05, 4.69) is 20.3 Å². The second-order valence-electron chi connectivity index (χ2n) is 13.9. The van der Waals surface area contributed by atoms with Gasteiger partial charge in [0.25, 0.3) is 5.91 Å². The molecule has 16 heteroatoms. The van der Waals surface area contributed by atoms with Gasteiger partial charge in [0.15, 0.2) is 11.3 Å². The van der Waals surface area contributed by atoms with Gasteiger partial charge in [0, 0.05) is 50.2 Å². The van der Waals surface area contributed by atoms with E-state index in [1.807, 2.05) is 26.8 Å². The molecule has 0 atom stereocenters. The maximum Gasteiger partial charge on any atom is 0.415 e. The van der Waals surface area contributed by atoms with Gasteiger partial charge in [-0.2, -0.15) is 10.2 Å². The molecule has 16 nitrogen and oxygen atoms in total. The number of pyridine rings is 1. The number of carbonyl (C=O) groups excluding carboxylic acids is 2. The smallest absolute Gasteiger partial charge is 0.415 e. The van der Waals surface area contributed by atoms with Crippen LogP contribution in [0.25, 0.3) is 33.5 Å². The topological polar surface area (TPSA) is 179 Å². The maximum absolute atomic E-state index is 13.8. The minimum Gasteiger partial charge on any atom is -0.494 e. The average Bonchev–Trinajstić information content (AvgIpc) is 3.72. The molecule has 7 rings (SSSR count). The Morgan fingerprint density at radius 3 is 2.62 bits per heavy atom. The van der Waals surface area contributed by atoms with Crippen molar-refractivity contribution in [1.82, 2.24) is 39.6 Å². The zero-order valence-electron chi connectivity index (χ0n) is 29.5. The number of methoxy groups -OCH3 is 1. The second-order valence-corrected chi connectivity index (χ2v) is 13.9. The summed E-state index contributed by atoms with van der Waals surface area (Å²) in [6.07, 6.45) is 8.10. The van der Waals surface area contributed by atoms with Gasteiger partial charge in [-0.3, -0.25) is 19.5 Å². The fourth-order valence-corrected chi connectivity index (χ4v) is 6.66. The van der Waals surface area contributed by atoms with Crippen molar-refractivity contribution in [1.29, 1.82) is 0 Å². The van der Waals surface area contributed by atoms with Crippen LogP contribution in [0.1, 0.15) is 50.5 Å². The zero-order valence-corrected chi connectivity index (χ0v) is 29.5. The summed E-state index contributed by atoms with van der Waals surface area (Å²) in [6, 6.07) is 7.07. The number of nitrogens with one attached hydrogen (secondary N) is 1. The SMILES string of the molecule is COc1cc2c(cc1-n1nc(C(=O)NCCN3CCC(CC(=O)O)CC3)c3cnc(-c4cnn5cccnc45)cc31)OCCN2C(=O)OC(C)(C)C. The van der Waals surface area contributed by atoms with Crippen molar-refractivity contribution in [2.24, 2.45) is 5.92 Å². The third-order valence-corrected chi connectivity index (χ3v) is 9.19. The molecule has 1 saturated heterocycles. The van der Waals surface area contributed by atoms with Crippen LogP contribution in [0.15, 0.2) is 49.1 Å². The number of benzene rings is 1. The van der Waals surface area contributed by atoms with E-state index in [0.717, 1.165) is 25.9 Å². The van der Waals surface area contributed by atoms with E-state index in [9.17, 15) is 14.4 Å². The largest absolute Gasteiger partial charge is 0.494 e. The van der Waals surface area contributed by atoms with Crippen molar-refractivity contribution in [2.45, 2.75) is 45.6 Å². The van der Waals surface area contributed by atoms with Crippen molar-refractivity contribution in [2.75, 3.05) is 51.3 Å². The summed E-state index contributed by atoms with van der Waals surface area (Å²) in [5.41, 5.74) is 2.91. The zero-order chi connectivity index (χ0) is 36.6. The number of carbonyl (C=O) groups is 3. The Morgan fingerprint density at radius 1 is 1.06 bits per heavy atom. The van der Waals surface area contributed by atoms with Crippen molar-refractivity contribution < 1.29 is 33.7 Å². The fourth-order valence-electron chi connectivity index (χ4n) is 6.66. The molecule has 0 radical (unpaired) electrons. The molecule has 6 heterocycles. The van der Waals surface area contributed by atoms with Crippen LogP contribution in [0, 0.1) is 5.92 Å². The maximum atomic E-state index is 13.8. The first-order chi connectivity index (χ1) is 25.0. The van der Waals surface area contributed by atoms with Crippen LogP contribution >= 0.6 is 0 Å². The van der Waals surface area contributed by atoms with Gasteiger partial charge in [-0.05, 0) is 64.8 Å². The van der Waals surface area contributed by atoms with Gasteiger partial charge < -0.3 is 29.5 Å². The molecule has 0 saturated carbocycles. The number of anilines is 1. The van der Waals surface area contributed by atoms with E-state index >= 15 is 0 Å². The third-order valence-electron chi connectivity index (χ3n) is 9.19. The quantitative estimate of drug-likeness (QED) is 0.223. The molecule has 2 amide bonds. The van der Waals surface area contributed by atoms with E-state index in [4.69, 9.17) is 29.4 Å². The number of likely N-dealkylation sites (tertiary alicyclic amines) is 1. The van der Waals surface area contributed by atoms with E-state index in [0.29, 0.717) is 70.3 Å². The molecule has 2 aliphatic rings. The summed E-state index contributed by atoms with van der Waals surface area (Å²) < 4.78 is 20.8. The lowest BCUT2D eigenvalue weighted by Gasteiger charge is -2.32. The highest BCUT2D eigenvalue weighted by Gasteiger charge is 2.31. The van der Waals surface area contributed by atoms with Gasteiger partial charge in [-0.15, -0.1) is 0 Å². The minimum atomic E-state index is -0.766. The summed E-state index contributed by atoms with van der Waals surface area (Å²) in [5, 5.41) is 21.9. The molecular weight excluding hydrogens is 670 g/mol. The Kier molecular flexibility index (Phi) is 9.40. The number of amides is 2. The number of carboxylic acid groups (broad SMARTS) is 1. The van der Waals surface area contributed by atoms with Crippen molar-refractivity contribution >= 4 is 40.2 Å². The van der Waals surface area contributed by atoms with Crippen LogP contribution in [-0.4, -0.2) is 109 Å². The highest BCUT2D eigenvalue weighted by Crippen LogP contribution is 2.41. The monoisotopic (exact) mass is 711 g/mol. The molecule has 5 aromatic rings. The van der Waals surface area contributed by atoms with Crippen LogP contribution in [0.4, 0.5) is 10.5 Å². The number of rotatable bonds is 9. The molecule has 52 heavy (non-hydrogen) atoms. The first kappa shape index (κ1) is 34.7. The van der Waals surface area contributed by atoms with E-state index in [1.54, 1.807) is 52.2 Å². The molecule has 0 unspecified atom stereocenters. The first-order valence-electron chi connectivity index (χ1n) is 17.2. The van der Waals surface area contributed by atoms with Crippen LogP contribution in [-0.2, 0) is 9.53 Å². The number of carboxylic acids is 1. The summed E-state index contributed by atoms with van der Waals surface area (Å²) in [6.45, 7) is 8.54. The van der Waals surface area contributed by atoms with Crippen LogP contribution in [0.5, 0.6) is 11.5 Å². The molecule has 0 bridgehead atoms. The molecule has 4 aromatic heterocycles. The van der Waals surface area contributed by atoms with Crippen LogP contribution < -0.4 is 19.7 Å². The van der Waals surface area contributed by atoms with Crippen molar-refractivity contribution in [3.63, 3.8) is 0 Å². The number of ether oxygens (including phenoxy) is 3. The Labute approximate surface area is 299 Å². The van der Waals surface area contributed by atoms with Crippen molar-refractivity contribution in [3.8, 4) is 28.4 Å². The lowest BCUT2D eigenvalue weighted by molar-refractivity contribution is -0.138. The van der Waals surface area contributed by atoms with E-state index < -0.39 is 17.7 Å². The van der Waals surface area contributed by atoms with Gasteiger partial charge in [-0.1, -0.05) is 0 Å². The van der Waals surface area contributed by atoms with Gasteiger partial charge in [0.1, 0.15) is 29.4 Å². The number of aliphatic carboxylic acids is 1. The molecule has 1 aromatic carbocycles. The van der Waals surface area contributed by atoms with Gasteiger partial charge >= 0.3 is 12.1 Å². The van der Waals surface area contributed by atoms with Gasteiger partial charge in [0.2, 0.25) is 0 Å². The number of hydrogen-bond donors (Lipinski definition) is 2. The highest BCUT2D eigenvalue weighted by molar-refractivity contribution is 6.06. The third kappa shape index (κ3) is 7.06. The second kappa shape index (κ2) is 14.1. The van der Waals surface area contributed by atoms with Crippen LogP contribution in [0.3, 0.4) is 0 Å². The number of hydrogen-bond acceptors (Lipinski definition) is 11. The Hall–Kier alpha value is -5.77. The molecule has 0 aliphatic carbocycles. The Balaban J connectivity index is 1.23. The molecule has 2 N–H and O–H groups in total. The minimum absolute atomic E-state index is 0.170. The molecule has 1 fully saturated rings. The Bertz CT molecular complexity index is 2150. The van der Waals surface area contributed by atoms with Crippen molar-refractivity contribution in [3.05, 3.63) is 54.7 Å². The van der Waals surface area contributed by atoms with E-state index in [1.165, 1.54) is 12.0 Å². The number of aromatic nitrogens is 6. The fraction of sp³-hybridized carbons (Fsp3) is 0.417. The molecule has 2 aliphatic heterocycles. The van der Waals surface area contributed by atoms with Crippen LogP contribution in [0.2, 0.25) is 0 Å². The standard InChI is InChI=1S/C36H41N9O7/c1-36(2,3)52-35(49)43-14-15-51-30-19-28(29(50-4)18-27(30)43)45-26-17-25(23-21-40-44-10-5-8-37-33(23)44)39-20-24(26)32(41-45)34(48)38-9-13-42-11-6-22(7-12-42)16-31(46)47/h5,8,10,17-22H,6-7,9,11-16H2,1-4H3,(H,38,48)(H,46,47). The number of nitrogens with zero attached hydrogens (tertiary/aromatic N) is 8. The summed E-state index contributed by atoms with van der Waals surface area (Å²) in [5.74, 6) is -0.148. The van der Waals surface area contributed by atoms with Gasteiger partial charge in [0.05, 0.1) is 47.7 Å². The summed E-state index contributed by atoms with van der Waals surface area (Å²) >= 11 is 0. The Morgan fingerprint density at radius 2 is 1.87 bits per heavy atom. The average molecular weight is 712 g/mol. The summed E-state index contributed by atoms with van der Waals surface area (Å²) in [7, 11) is 1.52. The first-order valence-corrected chi connectivity index (χ1v) is 17.2. The van der Waals surface area contributed by atoms with E-state index in [-0.39, 0.29) is 30.5 Å². The molecular formula is C36H41N9O7. The lowest BCUT2D eigenvalue weighted by atomic mass is 9.94. The van der Waals surface area contributed by atoms with Gasteiger partial charge in [-0.25, -0.2) is 19.0 Å². The highest BCUT2D eigenvalue weighted by atomic mass is 16.6. The number of piperidine rings is 1. The lowest BCUT2D eigenvalue weighted by Crippen LogP contribution is -2.41. The summed E-state index contributed by atoms with van der Waals surface area (Å²) in [4.78, 5) is 51.0. The normalized spacial score (nSPS) is 15.3.